The van der Waals surface area contributed by atoms with Crippen molar-refractivity contribution in [2.45, 2.75) is 13.8 Å². The Balaban J connectivity index is 3.37. The number of carbonyl (C=O) groups is 2. The van der Waals surface area contributed by atoms with E-state index < -0.39 is 46.2 Å². The van der Waals surface area contributed by atoms with Crippen molar-refractivity contribution in [2.24, 2.45) is 0 Å². The van der Waals surface area contributed by atoms with Gasteiger partial charge in [-0.3, -0.25) is 4.79 Å². The quantitative estimate of drug-likeness (QED) is 0.0931. The number of ether oxygens (including phenoxy) is 2. The maximum absolute atomic E-state index is 13.6. The minimum absolute atomic E-state index is 0.00903. The van der Waals surface area contributed by atoms with Crippen molar-refractivity contribution in [1.29, 1.82) is 0 Å². The van der Waals surface area contributed by atoms with Gasteiger partial charge in [0.05, 0.1) is 18.8 Å². The second kappa shape index (κ2) is 7.58. The van der Waals surface area contributed by atoms with E-state index in [1.807, 2.05) is 0 Å². The first-order chi connectivity index (χ1) is 10.3. The summed E-state index contributed by atoms with van der Waals surface area (Å²) in [6.45, 7) is 2.92. The highest BCUT2D eigenvalue weighted by molar-refractivity contribution is 6.24. The van der Waals surface area contributed by atoms with Gasteiger partial charge in [0.15, 0.2) is 17.5 Å². The largest absolute Gasteiger partial charge is 0.500 e. The first-order valence-electron chi connectivity index (χ1n) is 6.21. The Labute approximate surface area is 123 Å². The summed E-state index contributed by atoms with van der Waals surface area (Å²) in [6.07, 6.45) is 0.653. The smallest absolute Gasteiger partial charge is 0.345 e. The molecule has 0 aromatic heterocycles. The highest BCUT2D eigenvalue weighted by Crippen LogP contribution is 2.22. The summed E-state index contributed by atoms with van der Waals surface area (Å²) in [7, 11) is 0. The highest BCUT2D eigenvalue weighted by atomic mass is 19.2. The zero-order chi connectivity index (χ0) is 16.9. The lowest BCUT2D eigenvalue weighted by molar-refractivity contribution is -0.138. The van der Waals surface area contributed by atoms with Crippen LogP contribution in [0.5, 0.6) is 0 Å². The van der Waals surface area contributed by atoms with Gasteiger partial charge in [-0.25, -0.2) is 22.4 Å². The van der Waals surface area contributed by atoms with Crippen LogP contribution in [0.25, 0.3) is 0 Å². The summed E-state index contributed by atoms with van der Waals surface area (Å²) in [5.74, 6) is -10.2. The van der Waals surface area contributed by atoms with Crippen molar-refractivity contribution < 1.29 is 36.6 Å². The van der Waals surface area contributed by atoms with Gasteiger partial charge < -0.3 is 9.47 Å². The molecule has 120 valence electrons. The third-order valence-electron chi connectivity index (χ3n) is 2.45. The van der Waals surface area contributed by atoms with Crippen LogP contribution in [-0.4, -0.2) is 25.0 Å². The average Bonchev–Trinajstić information content (AvgIpc) is 2.45. The molecule has 0 aliphatic carbocycles. The third-order valence-corrected chi connectivity index (χ3v) is 2.45. The Bertz CT molecular complexity index is 626. The van der Waals surface area contributed by atoms with Crippen LogP contribution in [0.3, 0.4) is 0 Å². The normalized spacial score (nSPS) is 11.3. The molecule has 0 saturated heterocycles. The summed E-state index contributed by atoms with van der Waals surface area (Å²) in [5, 5.41) is 0. The second-order valence-electron chi connectivity index (χ2n) is 3.88. The monoisotopic (exact) mass is 320 g/mol. The molecule has 0 radical (unpaired) electrons. The summed E-state index contributed by atoms with van der Waals surface area (Å²) in [4.78, 5) is 23.7. The minimum atomic E-state index is -2.03. The van der Waals surface area contributed by atoms with Crippen molar-refractivity contribution in [3.05, 3.63) is 46.7 Å². The van der Waals surface area contributed by atoms with Gasteiger partial charge in [0.1, 0.15) is 17.7 Å². The fourth-order valence-corrected chi connectivity index (χ4v) is 1.48. The molecule has 0 heterocycles. The van der Waals surface area contributed by atoms with E-state index in [1.54, 1.807) is 0 Å². The Morgan fingerprint density at radius 3 is 2.23 bits per heavy atom. The standard InChI is InChI=1S/C14H12F4O4/c1-3-21-6-7(14(20)22-4-2)13(19)10-8(15)5-9(16)11(17)12(10)18/h5-6H,3-4H2,1-2H3. The van der Waals surface area contributed by atoms with E-state index in [1.165, 1.54) is 13.8 Å². The average molecular weight is 320 g/mol. The van der Waals surface area contributed by atoms with Crippen LogP contribution in [0.2, 0.25) is 0 Å². The van der Waals surface area contributed by atoms with Crippen LogP contribution >= 0.6 is 0 Å². The topological polar surface area (TPSA) is 52.6 Å². The maximum atomic E-state index is 13.6. The molecule has 0 fully saturated rings. The van der Waals surface area contributed by atoms with Gasteiger partial charge in [-0.2, -0.15) is 0 Å². The van der Waals surface area contributed by atoms with Crippen molar-refractivity contribution in [3.63, 3.8) is 0 Å². The molecule has 0 aliphatic heterocycles. The predicted molar refractivity (Wildman–Crippen MR) is 66.9 cm³/mol. The van der Waals surface area contributed by atoms with Crippen LogP contribution in [0.4, 0.5) is 17.6 Å². The number of benzene rings is 1. The Morgan fingerprint density at radius 1 is 1.05 bits per heavy atom. The summed E-state index contributed by atoms with van der Waals surface area (Å²) in [6, 6.07) is 0.00903. The van der Waals surface area contributed by atoms with Gasteiger partial charge in [-0.1, -0.05) is 0 Å². The minimum Gasteiger partial charge on any atom is -0.500 e. The van der Waals surface area contributed by atoms with E-state index in [4.69, 9.17) is 4.74 Å². The lowest BCUT2D eigenvalue weighted by Gasteiger charge is -2.09. The molecule has 0 saturated carbocycles. The zero-order valence-corrected chi connectivity index (χ0v) is 11.7. The van der Waals surface area contributed by atoms with Gasteiger partial charge in [-0.05, 0) is 13.8 Å². The molecule has 0 spiro atoms. The van der Waals surface area contributed by atoms with Crippen molar-refractivity contribution in [3.8, 4) is 0 Å². The van der Waals surface area contributed by atoms with Crippen molar-refractivity contribution in [2.75, 3.05) is 13.2 Å². The van der Waals surface area contributed by atoms with E-state index in [0.717, 1.165) is 0 Å². The van der Waals surface area contributed by atoms with E-state index >= 15 is 0 Å². The molecule has 4 nitrogen and oxygen atoms in total. The molecule has 1 aromatic rings. The number of ketones is 1. The fourth-order valence-electron chi connectivity index (χ4n) is 1.48. The fraction of sp³-hybridized carbons (Fsp3) is 0.286. The molecule has 0 aliphatic rings. The molecule has 8 heteroatoms. The van der Waals surface area contributed by atoms with Crippen LogP contribution in [0.15, 0.2) is 17.9 Å². The summed E-state index contributed by atoms with van der Waals surface area (Å²) < 4.78 is 62.5. The number of hydrogen-bond donors (Lipinski definition) is 0. The van der Waals surface area contributed by atoms with E-state index in [-0.39, 0.29) is 19.3 Å². The first-order valence-corrected chi connectivity index (χ1v) is 6.21. The van der Waals surface area contributed by atoms with E-state index in [9.17, 15) is 27.2 Å². The summed E-state index contributed by atoms with van der Waals surface area (Å²) >= 11 is 0. The number of carbonyl (C=O) groups excluding carboxylic acids is 2. The van der Waals surface area contributed by atoms with Crippen LogP contribution in [0.1, 0.15) is 24.2 Å². The molecular weight excluding hydrogens is 308 g/mol. The van der Waals surface area contributed by atoms with Gasteiger partial charge in [0.2, 0.25) is 5.78 Å². The van der Waals surface area contributed by atoms with Crippen molar-refractivity contribution >= 4 is 11.8 Å². The van der Waals surface area contributed by atoms with Gasteiger partial charge in [0, 0.05) is 6.07 Å². The van der Waals surface area contributed by atoms with E-state index in [2.05, 4.69) is 4.74 Å². The number of rotatable bonds is 6. The molecule has 0 atom stereocenters. The number of hydrogen-bond acceptors (Lipinski definition) is 4. The molecule has 1 aromatic carbocycles. The molecule has 1 rings (SSSR count). The maximum Gasteiger partial charge on any atom is 0.345 e. The molecule has 22 heavy (non-hydrogen) atoms. The molecule has 0 amide bonds. The molecular formula is C14H12F4O4. The van der Waals surface area contributed by atoms with E-state index in [0.29, 0.717) is 6.26 Å². The lowest BCUT2D eigenvalue weighted by Crippen LogP contribution is -2.20. The van der Waals surface area contributed by atoms with Crippen LogP contribution < -0.4 is 0 Å². The zero-order valence-electron chi connectivity index (χ0n) is 11.7. The molecule has 0 bridgehead atoms. The molecule has 0 unspecified atom stereocenters. The number of halogens is 4. The Morgan fingerprint density at radius 2 is 1.68 bits per heavy atom. The molecule has 0 N–H and O–H groups in total. The third kappa shape index (κ3) is 3.63. The second-order valence-corrected chi connectivity index (χ2v) is 3.88. The number of Topliss-reactive ketones (excluding diaryl/α,β-unsaturated/α-hetero) is 1. The first kappa shape index (κ1) is 17.7. The SMILES string of the molecule is CCOC=C(C(=O)OCC)C(=O)c1c(F)cc(F)c(F)c1F. The Hall–Kier alpha value is -2.38. The van der Waals surface area contributed by atoms with Crippen LogP contribution in [0, 0.1) is 23.3 Å². The van der Waals surface area contributed by atoms with Gasteiger partial charge in [-0.15, -0.1) is 0 Å². The number of esters is 1. The van der Waals surface area contributed by atoms with Gasteiger partial charge in [0.25, 0.3) is 0 Å². The summed E-state index contributed by atoms with van der Waals surface area (Å²) in [5.41, 5.74) is -2.24. The van der Waals surface area contributed by atoms with Crippen LogP contribution in [-0.2, 0) is 14.3 Å². The predicted octanol–water partition coefficient (Wildman–Crippen LogP) is 2.91. The lowest BCUT2D eigenvalue weighted by atomic mass is 10.0. The van der Waals surface area contributed by atoms with Crippen molar-refractivity contribution in [1.82, 2.24) is 0 Å². The highest BCUT2D eigenvalue weighted by Gasteiger charge is 2.30. The Kier molecular flexibility index (Phi) is 6.09. The van der Waals surface area contributed by atoms with Gasteiger partial charge >= 0.3 is 5.97 Å².